The van der Waals surface area contributed by atoms with Gasteiger partial charge in [-0.25, -0.2) is 4.39 Å². The molecule has 0 spiro atoms. The van der Waals surface area contributed by atoms with Crippen molar-refractivity contribution < 1.29 is 14.3 Å². The Balaban J connectivity index is 1.40. The van der Waals surface area contributed by atoms with Gasteiger partial charge in [-0.15, -0.1) is 0 Å². The van der Waals surface area contributed by atoms with Crippen molar-refractivity contribution >= 4 is 11.6 Å². The third kappa shape index (κ3) is 3.75. The van der Waals surface area contributed by atoms with Crippen LogP contribution in [0.2, 0.25) is 0 Å². The van der Waals surface area contributed by atoms with Gasteiger partial charge in [0.2, 0.25) is 5.91 Å². The van der Waals surface area contributed by atoms with Crippen molar-refractivity contribution in [2.45, 2.75) is 19.1 Å². The average molecular weight is 383 g/mol. The molecule has 0 unspecified atom stereocenters. The van der Waals surface area contributed by atoms with E-state index in [1.54, 1.807) is 19.1 Å². The lowest BCUT2D eigenvalue weighted by Crippen LogP contribution is -2.58. The van der Waals surface area contributed by atoms with Gasteiger partial charge in [0.15, 0.2) is 0 Å². The van der Waals surface area contributed by atoms with Crippen LogP contribution in [0.25, 0.3) is 0 Å². The first-order chi connectivity index (χ1) is 13.4. The maximum atomic E-state index is 13.1. The molecule has 0 aromatic heterocycles. The highest BCUT2D eigenvalue weighted by Crippen LogP contribution is 2.34. The summed E-state index contributed by atoms with van der Waals surface area (Å²) in [4.78, 5) is 18.0. The molecule has 2 aliphatic heterocycles. The van der Waals surface area contributed by atoms with Crippen molar-refractivity contribution in [2.24, 2.45) is 0 Å². The molecule has 5 nitrogen and oxygen atoms in total. The van der Waals surface area contributed by atoms with Crippen LogP contribution in [0.1, 0.15) is 18.1 Å². The van der Waals surface area contributed by atoms with Gasteiger partial charge in [0, 0.05) is 58.4 Å². The number of hydrogen-bond donors (Lipinski definition) is 1. The first kappa shape index (κ1) is 18.9. The minimum atomic E-state index is -0.907. The van der Waals surface area contributed by atoms with E-state index in [9.17, 15) is 14.3 Å². The summed E-state index contributed by atoms with van der Waals surface area (Å²) >= 11 is 0. The predicted molar refractivity (Wildman–Crippen MR) is 106 cm³/mol. The summed E-state index contributed by atoms with van der Waals surface area (Å²) in [6.07, 6.45) is 0. The molecule has 2 fully saturated rings. The van der Waals surface area contributed by atoms with Crippen LogP contribution in [0.15, 0.2) is 48.5 Å². The molecule has 0 bridgehead atoms. The fraction of sp³-hybridized carbons (Fsp3) is 0.409. The molecule has 0 radical (unpaired) electrons. The number of rotatable bonds is 4. The zero-order valence-corrected chi connectivity index (χ0v) is 16.1. The number of β-amino-alcohol motifs (C(OH)–C–C–N with tert-alkyl or cyclic N) is 1. The minimum Gasteiger partial charge on any atom is -0.382 e. The van der Waals surface area contributed by atoms with Crippen LogP contribution in [-0.4, -0.2) is 60.1 Å². The smallest absolute Gasteiger partial charge is 0.219 e. The van der Waals surface area contributed by atoms with Gasteiger partial charge in [-0.2, -0.15) is 0 Å². The van der Waals surface area contributed by atoms with E-state index in [0.29, 0.717) is 13.1 Å². The second-order valence-corrected chi connectivity index (χ2v) is 7.81. The van der Waals surface area contributed by atoms with Gasteiger partial charge < -0.3 is 14.9 Å². The fourth-order valence-corrected chi connectivity index (χ4v) is 4.20. The largest absolute Gasteiger partial charge is 0.382 e. The summed E-state index contributed by atoms with van der Waals surface area (Å²) in [5.74, 6) is -0.157. The van der Waals surface area contributed by atoms with E-state index in [1.807, 2.05) is 17.0 Å². The highest BCUT2D eigenvalue weighted by Gasteiger charge is 2.42. The van der Waals surface area contributed by atoms with Crippen molar-refractivity contribution in [3.8, 4) is 0 Å². The Morgan fingerprint density at radius 2 is 1.68 bits per heavy atom. The van der Waals surface area contributed by atoms with Gasteiger partial charge >= 0.3 is 0 Å². The summed E-state index contributed by atoms with van der Waals surface area (Å²) < 4.78 is 13.1. The molecule has 2 aromatic rings. The number of para-hydroxylation sites is 1. The lowest BCUT2D eigenvalue weighted by atomic mass is 9.85. The van der Waals surface area contributed by atoms with E-state index in [4.69, 9.17) is 0 Å². The molecule has 2 heterocycles. The average Bonchev–Trinajstić information content (AvgIpc) is 2.67. The van der Waals surface area contributed by atoms with Crippen molar-refractivity contribution in [3.05, 3.63) is 65.5 Å². The molecule has 1 amide bonds. The molecule has 2 aromatic carbocycles. The molecule has 2 aliphatic rings. The Morgan fingerprint density at radius 1 is 1.04 bits per heavy atom. The molecule has 4 rings (SSSR count). The SMILES string of the molecule is CC(=O)N1CCN(c2ccccc2CN2CC(O)(c3ccc(F)cc3)C2)CC1. The number of piperazine rings is 1. The number of amides is 1. The fourth-order valence-electron chi connectivity index (χ4n) is 4.20. The Hall–Kier alpha value is -2.44. The maximum absolute atomic E-state index is 13.1. The zero-order chi connectivity index (χ0) is 19.7. The summed E-state index contributed by atoms with van der Waals surface area (Å²) in [5.41, 5.74) is 2.28. The van der Waals surface area contributed by atoms with Gasteiger partial charge in [-0.3, -0.25) is 9.69 Å². The Kier molecular flexibility index (Phi) is 5.08. The predicted octanol–water partition coefficient (Wildman–Crippen LogP) is 2.20. The maximum Gasteiger partial charge on any atom is 0.219 e. The molecular formula is C22H26FN3O2. The van der Waals surface area contributed by atoms with Crippen LogP contribution >= 0.6 is 0 Å². The monoisotopic (exact) mass is 383 g/mol. The van der Waals surface area contributed by atoms with Gasteiger partial charge in [-0.05, 0) is 29.3 Å². The second kappa shape index (κ2) is 7.53. The first-order valence-electron chi connectivity index (χ1n) is 9.74. The molecule has 0 atom stereocenters. The lowest BCUT2D eigenvalue weighted by Gasteiger charge is -2.47. The van der Waals surface area contributed by atoms with Gasteiger partial charge in [0.05, 0.1) is 0 Å². The third-order valence-electron chi connectivity index (χ3n) is 5.80. The standard InChI is InChI=1S/C22H26FN3O2/c1-17(27)25-10-12-26(13-11-25)21-5-3-2-4-18(21)14-24-15-22(28,16-24)19-6-8-20(23)9-7-19/h2-9,28H,10-16H2,1H3. The van der Waals surface area contributed by atoms with Crippen LogP contribution in [0.3, 0.4) is 0 Å². The molecule has 1 N–H and O–H groups in total. The summed E-state index contributed by atoms with van der Waals surface area (Å²) in [6.45, 7) is 6.60. The van der Waals surface area contributed by atoms with E-state index in [2.05, 4.69) is 21.9 Å². The summed E-state index contributed by atoms with van der Waals surface area (Å²) in [5, 5.41) is 10.8. The summed E-state index contributed by atoms with van der Waals surface area (Å²) in [6, 6.07) is 14.5. The first-order valence-corrected chi connectivity index (χ1v) is 9.74. The Bertz CT molecular complexity index is 841. The third-order valence-corrected chi connectivity index (χ3v) is 5.80. The van der Waals surface area contributed by atoms with Crippen LogP contribution in [0.4, 0.5) is 10.1 Å². The normalized spacial score (nSPS) is 19.4. The molecule has 0 aliphatic carbocycles. The minimum absolute atomic E-state index is 0.133. The molecule has 148 valence electrons. The topological polar surface area (TPSA) is 47.0 Å². The van der Waals surface area contributed by atoms with Crippen molar-refractivity contribution in [3.63, 3.8) is 0 Å². The van der Waals surface area contributed by atoms with Crippen molar-refractivity contribution in [1.29, 1.82) is 0 Å². The number of likely N-dealkylation sites (tertiary alicyclic amines) is 1. The molecule has 28 heavy (non-hydrogen) atoms. The number of aliphatic hydroxyl groups is 1. The quantitative estimate of drug-likeness (QED) is 0.879. The van der Waals surface area contributed by atoms with Crippen LogP contribution in [0.5, 0.6) is 0 Å². The lowest BCUT2D eigenvalue weighted by molar-refractivity contribution is -0.129. The zero-order valence-electron chi connectivity index (χ0n) is 16.1. The van der Waals surface area contributed by atoms with Gasteiger partial charge in [0.25, 0.3) is 0 Å². The van der Waals surface area contributed by atoms with E-state index in [0.717, 1.165) is 38.3 Å². The second-order valence-electron chi connectivity index (χ2n) is 7.81. The summed E-state index contributed by atoms with van der Waals surface area (Å²) in [7, 11) is 0. The number of hydrogen-bond acceptors (Lipinski definition) is 4. The van der Waals surface area contributed by atoms with Crippen LogP contribution in [-0.2, 0) is 16.9 Å². The Labute approximate surface area is 165 Å². The van der Waals surface area contributed by atoms with Crippen LogP contribution in [0, 0.1) is 5.82 Å². The van der Waals surface area contributed by atoms with Crippen molar-refractivity contribution in [2.75, 3.05) is 44.2 Å². The number of benzene rings is 2. The number of carbonyl (C=O) groups is 1. The molecule has 2 saturated heterocycles. The molecule has 0 saturated carbocycles. The molecule has 6 heteroatoms. The van der Waals surface area contributed by atoms with Gasteiger partial charge in [-0.1, -0.05) is 30.3 Å². The van der Waals surface area contributed by atoms with E-state index >= 15 is 0 Å². The molecular weight excluding hydrogens is 357 g/mol. The van der Waals surface area contributed by atoms with E-state index in [-0.39, 0.29) is 11.7 Å². The Morgan fingerprint density at radius 3 is 2.32 bits per heavy atom. The van der Waals surface area contributed by atoms with Gasteiger partial charge in [0.1, 0.15) is 11.4 Å². The highest BCUT2D eigenvalue weighted by atomic mass is 19.1. The van der Waals surface area contributed by atoms with E-state index in [1.165, 1.54) is 23.4 Å². The highest BCUT2D eigenvalue weighted by molar-refractivity contribution is 5.73. The number of anilines is 1. The number of halogens is 1. The number of nitrogens with zero attached hydrogens (tertiary/aromatic N) is 3. The van der Waals surface area contributed by atoms with Crippen LogP contribution < -0.4 is 4.90 Å². The number of carbonyl (C=O) groups excluding carboxylic acids is 1. The van der Waals surface area contributed by atoms with Crippen molar-refractivity contribution in [1.82, 2.24) is 9.80 Å². The van der Waals surface area contributed by atoms with E-state index < -0.39 is 5.60 Å².